The highest BCUT2D eigenvalue weighted by Gasteiger charge is 2.34. The van der Waals surface area contributed by atoms with Crippen LogP contribution in [0.1, 0.15) is 50.8 Å². The Balaban J connectivity index is 2.26. The maximum absolute atomic E-state index is 5.85. The Morgan fingerprint density at radius 2 is 2.20 bits per heavy atom. The number of nitrogens with two attached hydrogens (primary N) is 1. The molecule has 0 radical (unpaired) electrons. The molecule has 3 N–H and O–H groups in total. The van der Waals surface area contributed by atoms with Gasteiger partial charge in [0.25, 0.3) is 0 Å². The number of nitrogens with one attached hydrogen (secondary N) is 1. The van der Waals surface area contributed by atoms with Gasteiger partial charge in [-0.05, 0) is 41.6 Å². The average Bonchev–Trinajstić information content (AvgIpc) is 2.86. The summed E-state index contributed by atoms with van der Waals surface area (Å²) in [7, 11) is 1.78. The second kappa shape index (κ2) is 7.54. The van der Waals surface area contributed by atoms with E-state index in [0.717, 1.165) is 16.7 Å². The van der Waals surface area contributed by atoms with Crippen molar-refractivity contribution in [2.45, 2.75) is 57.7 Å². The fourth-order valence-corrected chi connectivity index (χ4v) is 3.87. The zero-order valence-corrected chi connectivity index (χ0v) is 13.9. The molecule has 20 heavy (non-hydrogen) atoms. The largest absolute Gasteiger partial charge is 0.379 e. The summed E-state index contributed by atoms with van der Waals surface area (Å²) in [5, 5.41) is 4.38. The van der Waals surface area contributed by atoms with Crippen LogP contribution in [0.3, 0.4) is 0 Å². The smallest absolute Gasteiger partial charge is 0.0904 e. The molecule has 1 aromatic heterocycles. The first-order valence-electron chi connectivity index (χ1n) is 7.43. The number of aromatic nitrogens is 2. The highest BCUT2D eigenvalue weighted by molar-refractivity contribution is 9.10. The van der Waals surface area contributed by atoms with Crippen LogP contribution in [0.25, 0.3) is 0 Å². The van der Waals surface area contributed by atoms with E-state index in [9.17, 15) is 0 Å². The zero-order valence-electron chi connectivity index (χ0n) is 12.3. The van der Waals surface area contributed by atoms with Crippen LogP contribution in [-0.2, 0) is 11.3 Å². The molecule has 5 nitrogen and oxygen atoms in total. The summed E-state index contributed by atoms with van der Waals surface area (Å²) in [5.74, 6) is 6.40. The summed E-state index contributed by atoms with van der Waals surface area (Å²) in [4.78, 5) is 0. The van der Waals surface area contributed by atoms with Crippen molar-refractivity contribution < 1.29 is 4.74 Å². The van der Waals surface area contributed by atoms with Crippen molar-refractivity contribution >= 4 is 15.9 Å². The topological polar surface area (TPSA) is 65.1 Å². The molecule has 0 aromatic carbocycles. The van der Waals surface area contributed by atoms with Crippen LogP contribution >= 0.6 is 15.9 Å². The molecule has 1 aliphatic carbocycles. The predicted molar refractivity (Wildman–Crippen MR) is 83.0 cm³/mol. The number of rotatable bonds is 6. The molecule has 1 fully saturated rings. The number of methoxy groups -OCH3 is 1. The SMILES string of the molecule is CCn1ncc(Br)c1C(NN)C(OC)C1CCCCC1. The Bertz CT molecular complexity index is 417. The van der Waals surface area contributed by atoms with Crippen molar-refractivity contribution in [3.8, 4) is 0 Å². The van der Waals surface area contributed by atoms with E-state index in [4.69, 9.17) is 10.6 Å². The zero-order chi connectivity index (χ0) is 14.5. The van der Waals surface area contributed by atoms with Crippen LogP contribution < -0.4 is 11.3 Å². The van der Waals surface area contributed by atoms with Crippen LogP contribution in [0.4, 0.5) is 0 Å². The van der Waals surface area contributed by atoms with Gasteiger partial charge >= 0.3 is 0 Å². The van der Waals surface area contributed by atoms with Crippen LogP contribution in [0, 0.1) is 5.92 Å². The second-order valence-electron chi connectivity index (χ2n) is 5.44. The van der Waals surface area contributed by atoms with Crippen molar-refractivity contribution in [1.82, 2.24) is 15.2 Å². The molecule has 0 saturated heterocycles. The quantitative estimate of drug-likeness (QED) is 0.615. The number of hydrogen-bond donors (Lipinski definition) is 2. The maximum Gasteiger partial charge on any atom is 0.0904 e. The third-order valence-corrected chi connectivity index (χ3v) is 4.93. The van der Waals surface area contributed by atoms with Gasteiger partial charge in [0, 0.05) is 13.7 Å². The number of hydrazine groups is 1. The Labute approximate surface area is 129 Å². The van der Waals surface area contributed by atoms with Crippen LogP contribution in [-0.4, -0.2) is 23.0 Å². The van der Waals surface area contributed by atoms with Gasteiger partial charge in [-0.1, -0.05) is 19.3 Å². The molecule has 1 aliphatic rings. The molecule has 0 bridgehead atoms. The molecule has 1 saturated carbocycles. The Morgan fingerprint density at radius 1 is 1.50 bits per heavy atom. The summed E-state index contributed by atoms with van der Waals surface area (Å²) in [6, 6.07) is -0.0417. The third kappa shape index (κ3) is 3.24. The van der Waals surface area contributed by atoms with Crippen LogP contribution in [0.5, 0.6) is 0 Å². The van der Waals surface area contributed by atoms with Gasteiger partial charge in [0.05, 0.1) is 28.5 Å². The van der Waals surface area contributed by atoms with Gasteiger partial charge in [0.2, 0.25) is 0 Å². The van der Waals surface area contributed by atoms with Gasteiger partial charge in [-0.2, -0.15) is 5.10 Å². The number of ether oxygens (including phenoxy) is 1. The molecule has 1 aromatic rings. The molecule has 1 heterocycles. The Hall–Kier alpha value is -0.430. The lowest BCUT2D eigenvalue weighted by Crippen LogP contribution is -2.43. The predicted octanol–water partition coefficient (Wildman–Crippen LogP) is 2.77. The normalized spacial score (nSPS) is 20.0. The van der Waals surface area contributed by atoms with E-state index >= 15 is 0 Å². The highest BCUT2D eigenvalue weighted by Crippen LogP contribution is 2.35. The number of halogens is 1. The minimum absolute atomic E-state index is 0.0417. The molecular weight excluding hydrogens is 320 g/mol. The standard InChI is InChI=1S/C14H25BrN4O/c1-3-19-13(11(15)9-17-19)12(18-16)14(20-2)10-7-5-4-6-8-10/h9-10,12,14,18H,3-8,16H2,1-2H3. The molecule has 0 aliphatic heterocycles. The molecule has 114 valence electrons. The average molecular weight is 345 g/mol. The molecule has 0 amide bonds. The van der Waals surface area contributed by atoms with Crippen molar-refractivity contribution in [3.63, 3.8) is 0 Å². The van der Waals surface area contributed by atoms with Crippen molar-refractivity contribution in [2.24, 2.45) is 11.8 Å². The number of aryl methyl sites for hydroxylation is 1. The fraction of sp³-hybridized carbons (Fsp3) is 0.786. The molecule has 2 rings (SSSR count). The molecule has 2 atom stereocenters. The Morgan fingerprint density at radius 3 is 2.75 bits per heavy atom. The van der Waals surface area contributed by atoms with Gasteiger partial charge in [0.1, 0.15) is 0 Å². The second-order valence-corrected chi connectivity index (χ2v) is 6.29. The van der Waals surface area contributed by atoms with Gasteiger partial charge in [-0.15, -0.1) is 0 Å². The van der Waals surface area contributed by atoms with Crippen LogP contribution in [0.2, 0.25) is 0 Å². The maximum atomic E-state index is 5.85. The first-order valence-corrected chi connectivity index (χ1v) is 8.22. The summed E-state index contributed by atoms with van der Waals surface area (Å²) >= 11 is 3.59. The van der Waals surface area contributed by atoms with E-state index < -0.39 is 0 Å². The first kappa shape index (κ1) is 15.9. The lowest BCUT2D eigenvalue weighted by Gasteiger charge is -2.34. The summed E-state index contributed by atoms with van der Waals surface area (Å²) in [6.07, 6.45) is 8.26. The molecule has 2 unspecified atom stereocenters. The summed E-state index contributed by atoms with van der Waals surface area (Å²) in [6.45, 7) is 2.90. The van der Waals surface area contributed by atoms with Gasteiger partial charge < -0.3 is 4.74 Å². The number of nitrogens with zero attached hydrogens (tertiary/aromatic N) is 2. The van der Waals surface area contributed by atoms with Crippen molar-refractivity contribution in [1.29, 1.82) is 0 Å². The van der Waals surface area contributed by atoms with Gasteiger partial charge in [-0.3, -0.25) is 10.5 Å². The summed E-state index contributed by atoms with van der Waals surface area (Å²) in [5.41, 5.74) is 4.03. The highest BCUT2D eigenvalue weighted by atomic mass is 79.9. The lowest BCUT2D eigenvalue weighted by molar-refractivity contribution is 0.00517. The van der Waals surface area contributed by atoms with E-state index in [-0.39, 0.29) is 12.1 Å². The van der Waals surface area contributed by atoms with E-state index in [1.807, 2.05) is 10.9 Å². The van der Waals surface area contributed by atoms with E-state index in [0.29, 0.717) is 5.92 Å². The lowest BCUT2D eigenvalue weighted by atomic mass is 9.82. The monoisotopic (exact) mass is 344 g/mol. The van der Waals surface area contributed by atoms with Gasteiger partial charge in [-0.25, -0.2) is 5.43 Å². The minimum atomic E-state index is -0.0417. The number of hydrogen-bond acceptors (Lipinski definition) is 4. The van der Waals surface area contributed by atoms with Crippen molar-refractivity contribution in [3.05, 3.63) is 16.4 Å². The summed E-state index contributed by atoms with van der Waals surface area (Å²) < 4.78 is 8.78. The molecule has 0 spiro atoms. The molecule has 6 heteroatoms. The van der Waals surface area contributed by atoms with E-state index in [1.54, 1.807) is 7.11 Å². The Kier molecular flexibility index (Phi) is 6.01. The van der Waals surface area contributed by atoms with Crippen LogP contribution in [0.15, 0.2) is 10.7 Å². The van der Waals surface area contributed by atoms with Gasteiger partial charge in [0.15, 0.2) is 0 Å². The van der Waals surface area contributed by atoms with E-state index in [2.05, 4.69) is 33.4 Å². The molecular formula is C14H25BrN4O. The fourth-order valence-electron chi connectivity index (χ4n) is 3.33. The third-order valence-electron chi connectivity index (χ3n) is 4.32. The first-order chi connectivity index (χ1) is 9.72. The minimum Gasteiger partial charge on any atom is -0.379 e. The van der Waals surface area contributed by atoms with E-state index in [1.165, 1.54) is 32.1 Å². The van der Waals surface area contributed by atoms with Crippen molar-refractivity contribution in [2.75, 3.05) is 7.11 Å².